The fourth-order valence-corrected chi connectivity index (χ4v) is 5.83. The first-order chi connectivity index (χ1) is 18.4. The highest BCUT2D eigenvalue weighted by atomic mass is 19.1. The van der Waals surface area contributed by atoms with Crippen LogP contribution in [0, 0.1) is 24.4 Å². The van der Waals surface area contributed by atoms with E-state index in [2.05, 4.69) is 4.98 Å². The lowest BCUT2D eigenvalue weighted by molar-refractivity contribution is -0.126. The van der Waals surface area contributed by atoms with Gasteiger partial charge in [-0.1, -0.05) is 0 Å². The number of benzene rings is 2. The Morgan fingerprint density at radius 3 is 2.51 bits per heavy atom. The van der Waals surface area contributed by atoms with Gasteiger partial charge in [-0.3, -0.25) is 9.20 Å². The van der Waals surface area contributed by atoms with E-state index in [1.807, 2.05) is 4.40 Å². The molecule has 0 radical (unpaired) electrons. The summed E-state index contributed by atoms with van der Waals surface area (Å²) in [7, 11) is 0. The molecule has 4 aromatic rings. The van der Waals surface area contributed by atoms with Gasteiger partial charge in [0.15, 0.2) is 6.10 Å². The van der Waals surface area contributed by atoms with Crippen molar-refractivity contribution in [2.75, 3.05) is 17.2 Å². The maximum absolute atomic E-state index is 16.0. The van der Waals surface area contributed by atoms with E-state index in [4.69, 9.17) is 10.7 Å². The molecule has 1 aliphatic carbocycles. The average molecular weight is 538 g/mol. The fraction of sp³-hybridized carbons (Fsp3) is 0.321. The van der Waals surface area contributed by atoms with Gasteiger partial charge in [-0.25, -0.2) is 23.1 Å². The number of hydrogen-bond donors (Lipinski definition) is 3. The number of aliphatic hydroxyl groups excluding tert-OH is 1. The van der Waals surface area contributed by atoms with E-state index in [-0.39, 0.29) is 47.1 Å². The Bertz CT molecular complexity index is 1640. The molecule has 8 nitrogen and oxygen atoms in total. The smallest absolute Gasteiger partial charge is 0.260 e. The Balaban J connectivity index is 1.39. The van der Waals surface area contributed by atoms with Crippen molar-refractivity contribution in [3.63, 3.8) is 0 Å². The second-order valence-electron chi connectivity index (χ2n) is 10.7. The zero-order chi connectivity index (χ0) is 27.8. The Hall–Kier alpha value is -3.96. The molecule has 0 saturated heterocycles. The lowest BCUT2D eigenvalue weighted by Gasteiger charge is -2.40. The third kappa shape index (κ3) is 4.12. The number of aliphatic hydroxyl groups is 2. The Morgan fingerprint density at radius 2 is 1.85 bits per heavy atom. The minimum atomic E-state index is -1.82. The number of carbonyl (C=O) groups excluding carboxylic acids is 1. The molecule has 4 N–H and O–H groups in total. The number of anilines is 2. The normalized spacial score (nSPS) is 21.2. The van der Waals surface area contributed by atoms with E-state index in [0.717, 1.165) is 12.1 Å². The standard InChI is InChI=1S/C28H26F3N5O3/c1-13-12-36-23(25(32)33-13)22(34-26(36)15-10-28(2,39)11-15)19-3-4-20-18(21(19)31)5-6-35(20)27(38)24(37)14-7-16(29)9-17(30)8-14/h3-4,7-9,12,15,24,37,39H,5-6,10-11H2,1-2H3,(H2,32,33)/t15?,24-,28?/m0/s1. The van der Waals surface area contributed by atoms with Crippen LogP contribution < -0.4 is 10.6 Å². The monoisotopic (exact) mass is 537 g/mol. The second kappa shape index (κ2) is 8.78. The number of aromatic nitrogens is 3. The van der Waals surface area contributed by atoms with Crippen LogP contribution in [0.5, 0.6) is 0 Å². The first kappa shape index (κ1) is 25.3. The topological polar surface area (TPSA) is 117 Å². The van der Waals surface area contributed by atoms with Crippen LogP contribution in [-0.4, -0.2) is 42.6 Å². The quantitative estimate of drug-likeness (QED) is 0.363. The van der Waals surface area contributed by atoms with Gasteiger partial charge < -0.3 is 20.8 Å². The van der Waals surface area contributed by atoms with Crippen LogP contribution in [0.3, 0.4) is 0 Å². The van der Waals surface area contributed by atoms with Gasteiger partial charge in [0.05, 0.1) is 11.3 Å². The van der Waals surface area contributed by atoms with Gasteiger partial charge in [-0.2, -0.15) is 0 Å². The van der Waals surface area contributed by atoms with Gasteiger partial charge in [0.2, 0.25) is 0 Å². The summed E-state index contributed by atoms with van der Waals surface area (Å²) in [6.45, 7) is 3.64. The number of nitrogen functional groups attached to an aromatic ring is 1. The summed E-state index contributed by atoms with van der Waals surface area (Å²) in [6.07, 6.45) is 1.15. The van der Waals surface area contributed by atoms with Crippen molar-refractivity contribution in [1.29, 1.82) is 0 Å². The maximum Gasteiger partial charge on any atom is 0.260 e. The number of carbonyl (C=O) groups is 1. The van der Waals surface area contributed by atoms with E-state index < -0.39 is 35.1 Å². The molecule has 1 atom stereocenters. The molecule has 2 aromatic carbocycles. The van der Waals surface area contributed by atoms with Crippen LogP contribution in [-0.2, 0) is 11.2 Å². The Labute approximate surface area is 221 Å². The van der Waals surface area contributed by atoms with Crippen LogP contribution in [0.4, 0.5) is 24.7 Å². The van der Waals surface area contributed by atoms with E-state index in [1.165, 1.54) is 11.0 Å². The number of halogens is 3. The first-order valence-corrected chi connectivity index (χ1v) is 12.6. The summed E-state index contributed by atoms with van der Waals surface area (Å²) in [5.74, 6) is -2.43. The number of fused-ring (bicyclic) bond motifs is 2. The predicted octanol–water partition coefficient (Wildman–Crippen LogP) is 3.96. The molecule has 6 rings (SSSR count). The lowest BCUT2D eigenvalue weighted by atomic mass is 9.72. The SMILES string of the molecule is Cc1cn2c(C3CC(C)(O)C3)nc(-c3ccc4c(c3F)CCN4C(=O)[C@@H](O)c3cc(F)cc(F)c3)c2c(N)n1. The predicted molar refractivity (Wildman–Crippen MR) is 138 cm³/mol. The molecule has 1 amide bonds. The summed E-state index contributed by atoms with van der Waals surface area (Å²) < 4.78 is 45.1. The van der Waals surface area contributed by atoms with Gasteiger partial charge in [0.1, 0.15) is 40.3 Å². The number of imidazole rings is 1. The zero-order valence-electron chi connectivity index (χ0n) is 21.3. The van der Waals surface area contributed by atoms with E-state index in [0.29, 0.717) is 41.6 Å². The minimum absolute atomic E-state index is 0.0396. The maximum atomic E-state index is 16.0. The summed E-state index contributed by atoms with van der Waals surface area (Å²) in [6, 6.07) is 5.47. The molecule has 39 heavy (non-hydrogen) atoms. The third-order valence-electron chi connectivity index (χ3n) is 7.58. The number of hydrogen-bond acceptors (Lipinski definition) is 6. The largest absolute Gasteiger partial charge is 0.390 e. The molecular formula is C28H26F3N5O3. The minimum Gasteiger partial charge on any atom is -0.390 e. The summed E-state index contributed by atoms with van der Waals surface area (Å²) in [4.78, 5) is 23.4. The molecule has 1 aliphatic heterocycles. The van der Waals surface area contributed by atoms with Crippen LogP contribution in [0.2, 0.25) is 0 Å². The van der Waals surface area contributed by atoms with E-state index in [9.17, 15) is 23.8 Å². The van der Waals surface area contributed by atoms with E-state index in [1.54, 1.807) is 26.1 Å². The third-order valence-corrected chi connectivity index (χ3v) is 7.58. The number of rotatable bonds is 4. The Kier molecular flexibility index (Phi) is 5.70. The highest BCUT2D eigenvalue weighted by Gasteiger charge is 2.42. The molecule has 2 aromatic heterocycles. The van der Waals surface area contributed by atoms with Crippen LogP contribution in [0.15, 0.2) is 36.5 Å². The fourth-order valence-electron chi connectivity index (χ4n) is 5.83. The number of amides is 1. The number of aryl methyl sites for hydroxylation is 1. The van der Waals surface area contributed by atoms with Gasteiger partial charge in [0, 0.05) is 41.5 Å². The molecule has 0 bridgehead atoms. The zero-order valence-corrected chi connectivity index (χ0v) is 21.3. The van der Waals surface area contributed by atoms with Crippen LogP contribution in [0.25, 0.3) is 16.8 Å². The Morgan fingerprint density at radius 1 is 1.15 bits per heavy atom. The van der Waals surface area contributed by atoms with Crippen molar-refractivity contribution in [2.45, 2.75) is 50.7 Å². The molecule has 0 unspecified atom stereocenters. The van der Waals surface area contributed by atoms with Crippen LogP contribution >= 0.6 is 0 Å². The molecule has 11 heteroatoms. The van der Waals surface area contributed by atoms with Crippen molar-refractivity contribution in [3.05, 3.63) is 76.6 Å². The van der Waals surface area contributed by atoms with Crippen molar-refractivity contribution in [3.8, 4) is 11.3 Å². The van der Waals surface area contributed by atoms with Gasteiger partial charge >= 0.3 is 0 Å². The van der Waals surface area contributed by atoms with Gasteiger partial charge in [0.25, 0.3) is 5.91 Å². The van der Waals surface area contributed by atoms with Gasteiger partial charge in [-0.05, 0) is 62.9 Å². The summed E-state index contributed by atoms with van der Waals surface area (Å²) in [5.41, 5.74) is 7.39. The highest BCUT2D eigenvalue weighted by Crippen LogP contribution is 2.46. The molecule has 202 valence electrons. The average Bonchev–Trinajstić information content (AvgIpc) is 3.44. The van der Waals surface area contributed by atoms with Crippen molar-refractivity contribution >= 4 is 22.9 Å². The number of nitrogens with zero attached hydrogens (tertiary/aromatic N) is 4. The summed E-state index contributed by atoms with van der Waals surface area (Å²) >= 11 is 0. The van der Waals surface area contributed by atoms with Crippen molar-refractivity contribution < 1.29 is 28.2 Å². The second-order valence-corrected chi connectivity index (χ2v) is 10.7. The molecule has 0 spiro atoms. The van der Waals surface area contributed by atoms with Gasteiger partial charge in [-0.15, -0.1) is 0 Å². The number of nitrogens with two attached hydrogens (primary N) is 1. The summed E-state index contributed by atoms with van der Waals surface area (Å²) in [5, 5.41) is 20.8. The molecule has 1 fully saturated rings. The molecule has 3 heterocycles. The lowest BCUT2D eigenvalue weighted by Crippen LogP contribution is -2.40. The van der Waals surface area contributed by atoms with E-state index >= 15 is 4.39 Å². The van der Waals surface area contributed by atoms with Crippen molar-refractivity contribution in [2.24, 2.45) is 0 Å². The molecule has 1 saturated carbocycles. The highest BCUT2D eigenvalue weighted by molar-refractivity contribution is 5.99. The van der Waals surface area contributed by atoms with Crippen molar-refractivity contribution in [1.82, 2.24) is 14.4 Å². The van der Waals surface area contributed by atoms with Crippen LogP contribution in [0.1, 0.15) is 54.4 Å². The molecule has 2 aliphatic rings. The molecular weight excluding hydrogens is 511 g/mol. The first-order valence-electron chi connectivity index (χ1n) is 12.6.